The van der Waals surface area contributed by atoms with Gasteiger partial charge < -0.3 is 9.69 Å². The number of nitrogens with zero attached hydrogens (tertiary/aromatic N) is 1. The summed E-state index contributed by atoms with van der Waals surface area (Å²) in [7, 11) is 3.45. The van der Waals surface area contributed by atoms with Crippen molar-refractivity contribution in [3.63, 3.8) is 0 Å². The molecule has 0 atom stereocenters. The van der Waals surface area contributed by atoms with E-state index in [9.17, 15) is 9.59 Å². The molecule has 0 heterocycles. The van der Waals surface area contributed by atoms with Gasteiger partial charge in [-0.1, -0.05) is 6.92 Å². The Morgan fingerprint density at radius 3 is 1.82 bits per heavy atom. The van der Waals surface area contributed by atoms with E-state index in [1.54, 1.807) is 14.1 Å². The molecule has 0 N–H and O–H groups in total. The molecule has 66 valence electrons. The zero-order valence-corrected chi connectivity index (χ0v) is 7.76. The van der Waals surface area contributed by atoms with Gasteiger partial charge in [0.1, 0.15) is 6.29 Å². The molecule has 11 heavy (non-hydrogen) atoms. The fraction of sp³-hybridized carbons (Fsp3) is 0.750. The summed E-state index contributed by atoms with van der Waals surface area (Å²) in [6.45, 7) is 3.51. The highest BCUT2D eigenvalue weighted by molar-refractivity contribution is 5.72. The van der Waals surface area contributed by atoms with E-state index in [4.69, 9.17) is 0 Å². The van der Waals surface area contributed by atoms with Crippen molar-refractivity contribution in [1.29, 1.82) is 0 Å². The maximum absolute atomic E-state index is 10.1. The van der Waals surface area contributed by atoms with E-state index in [0.29, 0.717) is 6.42 Å². The predicted molar refractivity (Wildman–Crippen MR) is 45.3 cm³/mol. The van der Waals surface area contributed by atoms with Crippen molar-refractivity contribution in [1.82, 2.24) is 4.90 Å². The summed E-state index contributed by atoms with van der Waals surface area (Å²) in [4.78, 5) is 21.0. The van der Waals surface area contributed by atoms with Gasteiger partial charge in [-0.2, -0.15) is 0 Å². The van der Waals surface area contributed by atoms with Crippen molar-refractivity contribution in [2.45, 2.75) is 26.7 Å². The van der Waals surface area contributed by atoms with Crippen LogP contribution >= 0.6 is 0 Å². The van der Waals surface area contributed by atoms with Crippen molar-refractivity contribution < 1.29 is 9.59 Å². The average Bonchev–Trinajstić information content (AvgIpc) is 1.90. The van der Waals surface area contributed by atoms with Crippen LogP contribution < -0.4 is 0 Å². The molecule has 0 saturated carbocycles. The first-order valence-electron chi connectivity index (χ1n) is 3.67. The number of aldehydes is 1. The Bertz CT molecular complexity index is 111. The second-order valence-electron chi connectivity index (χ2n) is 2.37. The molecule has 0 aliphatic heterocycles. The van der Waals surface area contributed by atoms with Gasteiger partial charge in [-0.15, -0.1) is 0 Å². The number of unbranched alkanes of at least 4 members (excludes halogenated alkanes) is 1. The summed E-state index contributed by atoms with van der Waals surface area (Å²) in [6.07, 6.45) is 2.61. The first-order valence-corrected chi connectivity index (χ1v) is 3.67. The first kappa shape index (κ1) is 12.8. The summed E-state index contributed by atoms with van der Waals surface area (Å²) in [5.41, 5.74) is 0. The van der Waals surface area contributed by atoms with Crippen LogP contribution in [0.3, 0.4) is 0 Å². The molecule has 0 radical (unpaired) electrons. The van der Waals surface area contributed by atoms with E-state index in [1.165, 1.54) is 11.8 Å². The second-order valence-corrected chi connectivity index (χ2v) is 2.37. The van der Waals surface area contributed by atoms with Crippen molar-refractivity contribution in [2.24, 2.45) is 0 Å². The van der Waals surface area contributed by atoms with Crippen LogP contribution in [0.1, 0.15) is 26.7 Å². The Hall–Kier alpha value is -0.860. The van der Waals surface area contributed by atoms with Gasteiger partial charge in [0.05, 0.1) is 0 Å². The topological polar surface area (TPSA) is 37.4 Å². The minimum Gasteiger partial charge on any atom is -0.349 e. The summed E-state index contributed by atoms with van der Waals surface area (Å²) >= 11 is 0. The Morgan fingerprint density at radius 1 is 1.45 bits per heavy atom. The molecule has 0 rings (SSSR count). The van der Waals surface area contributed by atoms with E-state index in [0.717, 1.165) is 12.7 Å². The lowest BCUT2D eigenvalue weighted by molar-refractivity contribution is -0.126. The van der Waals surface area contributed by atoms with E-state index in [1.807, 2.05) is 6.92 Å². The van der Waals surface area contributed by atoms with Gasteiger partial charge in [0.2, 0.25) is 5.91 Å². The zero-order chi connectivity index (χ0) is 9.28. The molecule has 0 unspecified atom stereocenters. The largest absolute Gasteiger partial charge is 0.349 e. The van der Waals surface area contributed by atoms with Gasteiger partial charge >= 0.3 is 0 Å². The molecule has 0 aliphatic carbocycles. The molecule has 3 heteroatoms. The Labute approximate surface area is 68.4 Å². The third-order valence-electron chi connectivity index (χ3n) is 1.04. The van der Waals surface area contributed by atoms with Crippen molar-refractivity contribution in [2.75, 3.05) is 14.1 Å². The summed E-state index contributed by atoms with van der Waals surface area (Å²) in [6, 6.07) is 0. The Morgan fingerprint density at radius 2 is 1.82 bits per heavy atom. The van der Waals surface area contributed by atoms with Crippen LogP contribution in [0.25, 0.3) is 0 Å². The quantitative estimate of drug-likeness (QED) is 0.565. The molecule has 0 saturated heterocycles. The average molecular weight is 159 g/mol. The molecule has 0 bridgehead atoms. The Kier molecular flexibility index (Phi) is 10.6. The second kappa shape index (κ2) is 9.14. The minimum atomic E-state index is 0.0926. The standard InChI is InChI=1S/C4H9NO.C4H8O/c1-4(6)5(2)3;1-2-3-4-5/h1-3H3;4H,2-3H2,1H3. The fourth-order valence-corrected chi connectivity index (χ4v) is 0.118. The molecule has 0 aromatic carbocycles. The highest BCUT2D eigenvalue weighted by Crippen LogP contribution is 1.74. The third-order valence-corrected chi connectivity index (χ3v) is 1.04. The number of hydrogen-bond acceptors (Lipinski definition) is 2. The Balaban J connectivity index is 0. The van der Waals surface area contributed by atoms with Crippen LogP contribution in [-0.4, -0.2) is 31.2 Å². The van der Waals surface area contributed by atoms with Gasteiger partial charge in [-0.25, -0.2) is 0 Å². The van der Waals surface area contributed by atoms with Crippen molar-refractivity contribution in [3.05, 3.63) is 0 Å². The maximum atomic E-state index is 10.1. The van der Waals surface area contributed by atoms with E-state index in [-0.39, 0.29) is 5.91 Å². The number of amides is 1. The van der Waals surface area contributed by atoms with Crippen molar-refractivity contribution >= 4 is 12.2 Å². The van der Waals surface area contributed by atoms with Crippen molar-refractivity contribution in [3.8, 4) is 0 Å². The van der Waals surface area contributed by atoms with E-state index in [2.05, 4.69) is 0 Å². The number of carbonyl (C=O) groups excluding carboxylic acids is 2. The zero-order valence-electron chi connectivity index (χ0n) is 7.76. The fourth-order valence-electron chi connectivity index (χ4n) is 0.118. The van der Waals surface area contributed by atoms with Gasteiger partial charge in [0.25, 0.3) is 0 Å². The molecule has 0 aliphatic rings. The summed E-state index contributed by atoms with van der Waals surface area (Å²) in [5, 5.41) is 0. The van der Waals surface area contributed by atoms with Crippen LogP contribution in [0.4, 0.5) is 0 Å². The minimum absolute atomic E-state index is 0.0926. The number of rotatable bonds is 2. The highest BCUT2D eigenvalue weighted by Gasteiger charge is 1.87. The lowest BCUT2D eigenvalue weighted by atomic mass is 10.4. The lowest BCUT2D eigenvalue weighted by Gasteiger charge is -2.02. The van der Waals surface area contributed by atoms with Gasteiger partial charge in [-0.3, -0.25) is 4.79 Å². The predicted octanol–water partition coefficient (Wildman–Crippen LogP) is 1.08. The van der Waals surface area contributed by atoms with Crippen LogP contribution in [0.2, 0.25) is 0 Å². The van der Waals surface area contributed by atoms with E-state index >= 15 is 0 Å². The molecule has 0 spiro atoms. The van der Waals surface area contributed by atoms with Gasteiger partial charge in [0.15, 0.2) is 0 Å². The molecule has 1 amide bonds. The smallest absolute Gasteiger partial charge is 0.218 e. The highest BCUT2D eigenvalue weighted by atomic mass is 16.2. The maximum Gasteiger partial charge on any atom is 0.218 e. The van der Waals surface area contributed by atoms with E-state index < -0.39 is 0 Å². The lowest BCUT2D eigenvalue weighted by Crippen LogP contribution is -2.17. The third kappa shape index (κ3) is 17.6. The van der Waals surface area contributed by atoms with Gasteiger partial charge in [-0.05, 0) is 6.42 Å². The summed E-state index contributed by atoms with van der Waals surface area (Å²) < 4.78 is 0. The van der Waals surface area contributed by atoms with Crippen LogP contribution in [0.15, 0.2) is 0 Å². The normalized spacial score (nSPS) is 7.64. The molecular formula is C8H17NO2. The number of carbonyl (C=O) groups is 2. The first-order chi connectivity index (χ1) is 5.06. The molecular weight excluding hydrogens is 142 g/mol. The van der Waals surface area contributed by atoms with Crippen LogP contribution in [0.5, 0.6) is 0 Å². The number of hydrogen-bond donors (Lipinski definition) is 0. The van der Waals surface area contributed by atoms with Crippen LogP contribution in [-0.2, 0) is 9.59 Å². The monoisotopic (exact) mass is 159 g/mol. The molecule has 3 nitrogen and oxygen atoms in total. The summed E-state index contributed by atoms with van der Waals surface area (Å²) in [5.74, 6) is 0.0926. The van der Waals surface area contributed by atoms with Crippen LogP contribution in [0, 0.1) is 0 Å². The molecule has 0 fully saturated rings. The molecule has 0 aromatic heterocycles. The SMILES string of the molecule is CC(=O)N(C)C.CCCC=O. The molecule has 0 aromatic rings. The van der Waals surface area contributed by atoms with Gasteiger partial charge in [0, 0.05) is 27.4 Å².